The number of hydrogen-bond acceptors (Lipinski definition) is 2. The lowest BCUT2D eigenvalue weighted by atomic mass is 9.61. The van der Waals surface area contributed by atoms with Gasteiger partial charge in [0.2, 0.25) is 0 Å². The highest BCUT2D eigenvalue weighted by molar-refractivity contribution is 5.01. The van der Waals surface area contributed by atoms with Crippen molar-refractivity contribution in [3.63, 3.8) is 0 Å². The third-order valence-corrected chi connectivity index (χ3v) is 6.45. The van der Waals surface area contributed by atoms with Crippen LogP contribution < -0.4 is 0 Å². The van der Waals surface area contributed by atoms with Crippen LogP contribution in [0.5, 0.6) is 0 Å². The van der Waals surface area contributed by atoms with Crippen LogP contribution in [0.15, 0.2) is 12.2 Å². The average Bonchev–Trinajstić information content (AvgIpc) is 2.51. The Morgan fingerprint density at radius 1 is 1.04 bits per heavy atom. The molecule has 0 heterocycles. The van der Waals surface area contributed by atoms with Crippen LogP contribution in [-0.2, 0) is 4.74 Å². The van der Waals surface area contributed by atoms with Crippen molar-refractivity contribution in [3.05, 3.63) is 12.2 Å². The summed E-state index contributed by atoms with van der Waals surface area (Å²) in [6, 6.07) is 0. The van der Waals surface area contributed by atoms with Gasteiger partial charge in [-0.05, 0) is 62.7 Å². The fourth-order valence-electron chi connectivity index (χ4n) is 4.03. The molecule has 1 N–H and O–H groups in total. The summed E-state index contributed by atoms with van der Waals surface area (Å²) in [5.74, 6) is 1.40. The van der Waals surface area contributed by atoms with Crippen molar-refractivity contribution in [2.75, 3.05) is 0 Å². The summed E-state index contributed by atoms with van der Waals surface area (Å²) in [5.41, 5.74) is 0.378. The van der Waals surface area contributed by atoms with Crippen molar-refractivity contribution in [3.8, 4) is 0 Å². The second-order valence-corrected chi connectivity index (χ2v) is 10.6. The van der Waals surface area contributed by atoms with Gasteiger partial charge in [0.15, 0.2) is 6.29 Å². The van der Waals surface area contributed by atoms with E-state index in [9.17, 15) is 5.11 Å². The van der Waals surface area contributed by atoms with E-state index in [4.69, 9.17) is 4.74 Å². The van der Waals surface area contributed by atoms with E-state index in [-0.39, 0.29) is 11.5 Å². The first-order valence-electron chi connectivity index (χ1n) is 10.3. The Balaban J connectivity index is 2.95. The highest BCUT2D eigenvalue weighted by Crippen LogP contribution is 2.48. The van der Waals surface area contributed by atoms with Gasteiger partial charge in [-0.15, -0.1) is 0 Å². The molecule has 0 aromatic heterocycles. The molecule has 0 bridgehead atoms. The molecule has 1 aliphatic carbocycles. The van der Waals surface area contributed by atoms with Gasteiger partial charge in [0, 0.05) is 5.92 Å². The van der Waals surface area contributed by atoms with Gasteiger partial charge in [-0.1, -0.05) is 66.5 Å². The van der Waals surface area contributed by atoms with Crippen LogP contribution in [0.25, 0.3) is 0 Å². The minimum absolute atomic E-state index is 0.109. The summed E-state index contributed by atoms with van der Waals surface area (Å²) in [6.45, 7) is 20.3. The summed E-state index contributed by atoms with van der Waals surface area (Å²) < 4.78 is 5.84. The molecule has 0 saturated heterocycles. The molecule has 0 saturated carbocycles. The fraction of sp³-hybridized carbons (Fsp3) is 0.913. The third-order valence-electron chi connectivity index (χ3n) is 6.45. The van der Waals surface area contributed by atoms with Crippen LogP contribution in [0.4, 0.5) is 0 Å². The van der Waals surface area contributed by atoms with E-state index in [0.717, 1.165) is 12.8 Å². The van der Waals surface area contributed by atoms with Crippen LogP contribution in [0.1, 0.15) is 94.4 Å². The van der Waals surface area contributed by atoms with E-state index in [1.165, 1.54) is 19.3 Å². The standard InChI is InChI=1S/C23H44O2/c1-10-22(6,7)16-19(23(8,9)11-2)17-13-12-14-18(15-17)20(24)25-21(3,4)5/h12,14,17-20,24H,10-11,13,15-16H2,1-9H3. The van der Waals surface area contributed by atoms with Gasteiger partial charge in [0.1, 0.15) is 0 Å². The Hall–Kier alpha value is -0.340. The molecular formula is C23H44O2. The third kappa shape index (κ3) is 7.06. The van der Waals surface area contributed by atoms with Crippen LogP contribution in [0.3, 0.4) is 0 Å². The zero-order valence-electron chi connectivity index (χ0n) is 18.4. The first kappa shape index (κ1) is 22.7. The summed E-state index contributed by atoms with van der Waals surface area (Å²) in [4.78, 5) is 0. The first-order valence-corrected chi connectivity index (χ1v) is 10.3. The van der Waals surface area contributed by atoms with Gasteiger partial charge in [-0.2, -0.15) is 0 Å². The van der Waals surface area contributed by atoms with E-state index >= 15 is 0 Å². The number of aliphatic hydroxyl groups excluding tert-OH is 1. The highest BCUT2D eigenvalue weighted by Gasteiger charge is 2.40. The maximum Gasteiger partial charge on any atom is 0.161 e. The molecule has 0 radical (unpaired) electrons. The number of rotatable bonds is 8. The Bertz CT molecular complexity index is 428. The predicted octanol–water partition coefficient (Wildman–Crippen LogP) is 6.58. The maximum absolute atomic E-state index is 10.6. The van der Waals surface area contributed by atoms with Crippen molar-refractivity contribution >= 4 is 0 Å². The van der Waals surface area contributed by atoms with Gasteiger partial charge in [0.05, 0.1) is 5.60 Å². The summed E-state index contributed by atoms with van der Waals surface area (Å²) in [7, 11) is 0. The molecule has 0 aliphatic heterocycles. The molecule has 2 nitrogen and oxygen atoms in total. The monoisotopic (exact) mass is 352 g/mol. The highest BCUT2D eigenvalue weighted by atomic mass is 16.6. The largest absolute Gasteiger partial charge is 0.367 e. The zero-order valence-corrected chi connectivity index (χ0v) is 18.4. The van der Waals surface area contributed by atoms with E-state index < -0.39 is 6.29 Å². The normalized spacial score (nSPS) is 25.0. The molecule has 0 fully saturated rings. The van der Waals surface area contributed by atoms with Crippen LogP contribution in [0.2, 0.25) is 0 Å². The molecule has 4 unspecified atom stereocenters. The van der Waals surface area contributed by atoms with Gasteiger partial charge < -0.3 is 9.84 Å². The Labute approximate surface area is 157 Å². The molecule has 4 atom stereocenters. The van der Waals surface area contributed by atoms with E-state index in [0.29, 0.717) is 22.7 Å². The van der Waals surface area contributed by atoms with Gasteiger partial charge in [-0.25, -0.2) is 0 Å². The lowest BCUT2D eigenvalue weighted by molar-refractivity contribution is -0.188. The predicted molar refractivity (Wildman–Crippen MR) is 108 cm³/mol. The second-order valence-electron chi connectivity index (χ2n) is 10.6. The number of hydrogen-bond donors (Lipinski definition) is 1. The molecule has 1 rings (SSSR count). The molecule has 25 heavy (non-hydrogen) atoms. The first-order chi connectivity index (χ1) is 11.3. The molecule has 0 aromatic carbocycles. The van der Waals surface area contributed by atoms with Crippen molar-refractivity contribution in [2.24, 2.45) is 28.6 Å². The van der Waals surface area contributed by atoms with Crippen LogP contribution >= 0.6 is 0 Å². The maximum atomic E-state index is 10.6. The smallest absolute Gasteiger partial charge is 0.161 e. The molecule has 0 amide bonds. The number of allylic oxidation sites excluding steroid dienone is 1. The molecule has 148 valence electrons. The lowest BCUT2D eigenvalue weighted by Gasteiger charge is -2.45. The van der Waals surface area contributed by atoms with Crippen LogP contribution in [0, 0.1) is 28.6 Å². The SMILES string of the molecule is CCC(C)(C)CC(C1CC=CC(C(O)OC(C)(C)C)C1)C(C)(C)CC. The average molecular weight is 353 g/mol. The van der Waals surface area contributed by atoms with Crippen molar-refractivity contribution in [2.45, 2.75) is 106 Å². The number of aliphatic hydroxyl groups is 1. The zero-order chi connectivity index (χ0) is 19.5. The van der Waals surface area contributed by atoms with Crippen molar-refractivity contribution in [1.82, 2.24) is 0 Å². The Morgan fingerprint density at radius 2 is 1.64 bits per heavy atom. The Morgan fingerprint density at radius 3 is 2.12 bits per heavy atom. The molecule has 1 aliphatic rings. The number of ether oxygens (including phenoxy) is 1. The van der Waals surface area contributed by atoms with Crippen LogP contribution in [-0.4, -0.2) is 17.0 Å². The summed E-state index contributed by atoms with van der Waals surface area (Å²) in [5, 5.41) is 10.6. The second kappa shape index (κ2) is 8.57. The van der Waals surface area contributed by atoms with Gasteiger partial charge >= 0.3 is 0 Å². The molecule has 2 heteroatoms. The van der Waals surface area contributed by atoms with Crippen molar-refractivity contribution in [1.29, 1.82) is 0 Å². The lowest BCUT2D eigenvalue weighted by Crippen LogP contribution is -2.39. The quantitative estimate of drug-likeness (QED) is 0.395. The van der Waals surface area contributed by atoms with Gasteiger partial charge in [0.25, 0.3) is 0 Å². The summed E-state index contributed by atoms with van der Waals surface area (Å²) in [6.07, 6.45) is 9.58. The molecular weight excluding hydrogens is 308 g/mol. The molecule has 0 spiro atoms. The minimum atomic E-state index is -0.705. The van der Waals surface area contributed by atoms with E-state index in [1.807, 2.05) is 20.8 Å². The summed E-state index contributed by atoms with van der Waals surface area (Å²) >= 11 is 0. The van der Waals surface area contributed by atoms with Gasteiger partial charge in [-0.3, -0.25) is 0 Å². The van der Waals surface area contributed by atoms with E-state index in [1.54, 1.807) is 0 Å². The van der Waals surface area contributed by atoms with E-state index in [2.05, 4.69) is 53.7 Å². The minimum Gasteiger partial charge on any atom is -0.367 e. The molecule has 0 aromatic rings. The fourth-order valence-corrected chi connectivity index (χ4v) is 4.03. The topological polar surface area (TPSA) is 29.5 Å². The van der Waals surface area contributed by atoms with Crippen molar-refractivity contribution < 1.29 is 9.84 Å². The Kier molecular flexibility index (Phi) is 7.78.